The second kappa shape index (κ2) is 6.69. The van der Waals surface area contributed by atoms with Gasteiger partial charge in [0.15, 0.2) is 0 Å². The van der Waals surface area contributed by atoms with Gasteiger partial charge in [0, 0.05) is 32.3 Å². The normalized spacial score (nSPS) is 31.9. The van der Waals surface area contributed by atoms with Gasteiger partial charge in [0.1, 0.15) is 0 Å². The minimum absolute atomic E-state index is 0.342. The Balaban J connectivity index is 1.80. The minimum Gasteiger partial charge on any atom is -0.381 e. The Labute approximate surface area is 104 Å². The predicted octanol–water partition coefficient (Wildman–Crippen LogP) is 0.851. The first-order valence-corrected chi connectivity index (χ1v) is 6.91. The average molecular weight is 242 g/mol. The van der Waals surface area contributed by atoms with Crippen molar-refractivity contribution in [2.75, 3.05) is 40.0 Å². The van der Waals surface area contributed by atoms with E-state index in [1.54, 1.807) is 0 Å². The van der Waals surface area contributed by atoms with Crippen LogP contribution in [0.4, 0.5) is 0 Å². The lowest BCUT2D eigenvalue weighted by molar-refractivity contribution is 0.00622. The second-order valence-electron chi connectivity index (χ2n) is 5.38. The molecular formula is C13H26N2O2. The van der Waals surface area contributed by atoms with Crippen molar-refractivity contribution >= 4 is 0 Å². The number of likely N-dealkylation sites (N-methyl/N-ethyl adjacent to an activating group) is 1. The van der Waals surface area contributed by atoms with Gasteiger partial charge in [-0.2, -0.15) is 0 Å². The Kier molecular flexibility index (Phi) is 5.22. The molecule has 0 spiro atoms. The van der Waals surface area contributed by atoms with E-state index in [0.717, 1.165) is 32.8 Å². The topological polar surface area (TPSA) is 47.7 Å². The third-order valence-electron chi connectivity index (χ3n) is 4.00. The molecule has 2 rings (SSSR count). The molecule has 2 saturated heterocycles. The molecule has 2 aliphatic rings. The molecule has 2 heterocycles. The summed E-state index contributed by atoms with van der Waals surface area (Å²) >= 11 is 0. The summed E-state index contributed by atoms with van der Waals surface area (Å²) in [6, 6.07) is 0.374. The van der Waals surface area contributed by atoms with Crippen molar-refractivity contribution < 1.29 is 9.47 Å². The number of ether oxygens (including phenoxy) is 2. The first-order valence-electron chi connectivity index (χ1n) is 6.91. The monoisotopic (exact) mass is 242 g/mol. The van der Waals surface area contributed by atoms with Crippen molar-refractivity contribution in [2.24, 2.45) is 11.7 Å². The Morgan fingerprint density at radius 2 is 2.12 bits per heavy atom. The van der Waals surface area contributed by atoms with Crippen LogP contribution in [0.3, 0.4) is 0 Å². The molecule has 2 fully saturated rings. The molecule has 0 radical (unpaired) electrons. The molecular weight excluding hydrogens is 216 g/mol. The van der Waals surface area contributed by atoms with Crippen molar-refractivity contribution in [3.8, 4) is 0 Å². The summed E-state index contributed by atoms with van der Waals surface area (Å²) in [5, 5.41) is 0. The van der Waals surface area contributed by atoms with Crippen LogP contribution in [-0.4, -0.2) is 57.0 Å². The molecule has 17 heavy (non-hydrogen) atoms. The molecule has 0 aromatic carbocycles. The summed E-state index contributed by atoms with van der Waals surface area (Å²) in [5.41, 5.74) is 5.91. The first kappa shape index (κ1) is 13.3. The standard InChI is InChI=1S/C13H26N2O2/c1-15(9-11-4-2-6-16-10-11)12(8-14)13-5-3-7-17-13/h11-13H,2-10,14H2,1H3. The Bertz CT molecular complexity index is 213. The quantitative estimate of drug-likeness (QED) is 0.776. The Hall–Kier alpha value is -0.160. The third kappa shape index (κ3) is 3.65. The van der Waals surface area contributed by atoms with Gasteiger partial charge >= 0.3 is 0 Å². The third-order valence-corrected chi connectivity index (χ3v) is 4.00. The van der Waals surface area contributed by atoms with E-state index in [0.29, 0.717) is 24.6 Å². The van der Waals surface area contributed by atoms with Gasteiger partial charge in [0.05, 0.1) is 12.7 Å². The molecule has 0 aromatic rings. The molecule has 0 bridgehead atoms. The van der Waals surface area contributed by atoms with Gasteiger partial charge in [-0.25, -0.2) is 0 Å². The van der Waals surface area contributed by atoms with Gasteiger partial charge in [-0.1, -0.05) is 0 Å². The van der Waals surface area contributed by atoms with Gasteiger partial charge in [0.25, 0.3) is 0 Å². The lowest BCUT2D eigenvalue weighted by Crippen LogP contribution is -2.48. The predicted molar refractivity (Wildman–Crippen MR) is 68.0 cm³/mol. The van der Waals surface area contributed by atoms with E-state index in [2.05, 4.69) is 11.9 Å². The van der Waals surface area contributed by atoms with Crippen LogP contribution in [0, 0.1) is 5.92 Å². The minimum atomic E-state index is 0.342. The molecule has 2 aliphatic heterocycles. The average Bonchev–Trinajstić information content (AvgIpc) is 2.85. The maximum Gasteiger partial charge on any atom is 0.0743 e. The van der Waals surface area contributed by atoms with Crippen LogP contribution in [0.1, 0.15) is 25.7 Å². The van der Waals surface area contributed by atoms with Gasteiger partial charge < -0.3 is 15.2 Å². The van der Waals surface area contributed by atoms with Crippen LogP contribution in [0.2, 0.25) is 0 Å². The summed E-state index contributed by atoms with van der Waals surface area (Å²) in [6.07, 6.45) is 5.17. The summed E-state index contributed by atoms with van der Waals surface area (Å²) in [7, 11) is 2.17. The van der Waals surface area contributed by atoms with Crippen molar-refractivity contribution in [1.82, 2.24) is 4.90 Å². The van der Waals surface area contributed by atoms with E-state index >= 15 is 0 Å². The SMILES string of the molecule is CN(CC1CCCOC1)C(CN)C1CCCO1. The number of hydrogen-bond acceptors (Lipinski definition) is 4. The molecule has 3 atom stereocenters. The molecule has 0 aliphatic carbocycles. The van der Waals surface area contributed by atoms with E-state index < -0.39 is 0 Å². The van der Waals surface area contributed by atoms with Crippen molar-refractivity contribution in [3.05, 3.63) is 0 Å². The fourth-order valence-corrected chi connectivity index (χ4v) is 3.02. The van der Waals surface area contributed by atoms with Gasteiger partial charge in [0.2, 0.25) is 0 Å². The fourth-order valence-electron chi connectivity index (χ4n) is 3.02. The molecule has 0 aromatic heterocycles. The number of nitrogens with two attached hydrogens (primary N) is 1. The van der Waals surface area contributed by atoms with Gasteiger partial charge in [-0.05, 0) is 38.6 Å². The van der Waals surface area contributed by atoms with Crippen LogP contribution >= 0.6 is 0 Å². The maximum atomic E-state index is 5.91. The molecule has 100 valence electrons. The smallest absolute Gasteiger partial charge is 0.0743 e. The lowest BCUT2D eigenvalue weighted by atomic mass is 9.99. The van der Waals surface area contributed by atoms with E-state index in [9.17, 15) is 0 Å². The first-order chi connectivity index (χ1) is 8.31. The summed E-state index contributed by atoms with van der Waals surface area (Å²) < 4.78 is 11.3. The number of nitrogens with zero attached hydrogens (tertiary/aromatic N) is 1. The van der Waals surface area contributed by atoms with Crippen LogP contribution in [-0.2, 0) is 9.47 Å². The van der Waals surface area contributed by atoms with Crippen LogP contribution in [0.25, 0.3) is 0 Å². The van der Waals surface area contributed by atoms with E-state index in [1.807, 2.05) is 0 Å². The highest BCUT2D eigenvalue weighted by Gasteiger charge is 2.29. The highest BCUT2D eigenvalue weighted by molar-refractivity contribution is 4.83. The summed E-state index contributed by atoms with van der Waals surface area (Å²) in [4.78, 5) is 2.38. The Morgan fingerprint density at radius 3 is 2.71 bits per heavy atom. The molecule has 0 saturated carbocycles. The van der Waals surface area contributed by atoms with Crippen LogP contribution in [0.15, 0.2) is 0 Å². The highest BCUT2D eigenvalue weighted by Crippen LogP contribution is 2.21. The molecule has 2 N–H and O–H groups in total. The zero-order valence-corrected chi connectivity index (χ0v) is 10.9. The van der Waals surface area contributed by atoms with Crippen molar-refractivity contribution in [1.29, 1.82) is 0 Å². The fraction of sp³-hybridized carbons (Fsp3) is 1.00. The van der Waals surface area contributed by atoms with E-state index in [-0.39, 0.29) is 0 Å². The zero-order chi connectivity index (χ0) is 12.1. The lowest BCUT2D eigenvalue weighted by Gasteiger charge is -2.34. The number of hydrogen-bond donors (Lipinski definition) is 1. The summed E-state index contributed by atoms with van der Waals surface area (Å²) in [6.45, 7) is 4.53. The summed E-state index contributed by atoms with van der Waals surface area (Å²) in [5.74, 6) is 0.671. The van der Waals surface area contributed by atoms with E-state index in [4.69, 9.17) is 15.2 Å². The number of rotatable bonds is 5. The van der Waals surface area contributed by atoms with Gasteiger partial charge in [-0.3, -0.25) is 4.90 Å². The second-order valence-corrected chi connectivity index (χ2v) is 5.38. The largest absolute Gasteiger partial charge is 0.381 e. The van der Waals surface area contributed by atoms with Crippen LogP contribution < -0.4 is 5.73 Å². The van der Waals surface area contributed by atoms with Gasteiger partial charge in [-0.15, -0.1) is 0 Å². The zero-order valence-electron chi connectivity index (χ0n) is 10.9. The molecule has 4 nitrogen and oxygen atoms in total. The van der Waals surface area contributed by atoms with Crippen LogP contribution in [0.5, 0.6) is 0 Å². The van der Waals surface area contributed by atoms with Crippen molar-refractivity contribution in [2.45, 2.75) is 37.8 Å². The highest BCUT2D eigenvalue weighted by atomic mass is 16.5. The van der Waals surface area contributed by atoms with E-state index in [1.165, 1.54) is 19.3 Å². The molecule has 3 unspecified atom stereocenters. The maximum absolute atomic E-state index is 5.91. The molecule has 4 heteroatoms. The Morgan fingerprint density at radius 1 is 1.29 bits per heavy atom. The molecule has 0 amide bonds. The van der Waals surface area contributed by atoms with Crippen molar-refractivity contribution in [3.63, 3.8) is 0 Å².